The Morgan fingerprint density at radius 1 is 1.33 bits per heavy atom. The van der Waals surface area contributed by atoms with E-state index in [1.165, 1.54) is 18.2 Å². The van der Waals surface area contributed by atoms with Crippen LogP contribution in [-0.2, 0) is 4.79 Å². The van der Waals surface area contributed by atoms with E-state index in [1.54, 1.807) is 0 Å². The lowest BCUT2D eigenvalue weighted by atomic mass is 9.74. The molecule has 0 radical (unpaired) electrons. The molecule has 2 saturated carbocycles. The smallest absolute Gasteiger partial charge is 0.305 e. The number of amides is 1. The van der Waals surface area contributed by atoms with Crippen LogP contribution in [-0.4, -0.2) is 33.5 Å². The monoisotopic (exact) mass is 333 g/mol. The Balaban J connectivity index is 1.77. The summed E-state index contributed by atoms with van der Waals surface area (Å²) in [6.45, 7) is 0. The molecule has 2 aliphatic rings. The summed E-state index contributed by atoms with van der Waals surface area (Å²) in [7, 11) is 0. The number of anilines is 1. The summed E-state index contributed by atoms with van der Waals surface area (Å²) in [6, 6.07) is 4.57. The molecule has 8 heteroatoms. The maximum Gasteiger partial charge on any atom is 0.305 e. The first-order valence-electron chi connectivity index (χ1n) is 7.98. The molecule has 3 N–H and O–H groups in total. The Kier molecular flexibility index (Phi) is 4.13. The Labute approximate surface area is 138 Å². The highest BCUT2D eigenvalue weighted by Crippen LogP contribution is 2.36. The van der Waals surface area contributed by atoms with Crippen molar-refractivity contribution in [2.45, 2.75) is 50.1 Å². The molecule has 0 saturated heterocycles. The highest BCUT2D eigenvalue weighted by atomic mass is 16.6. The lowest BCUT2D eigenvalue weighted by molar-refractivity contribution is -0.384. The molecular formula is C16H19N3O5. The van der Waals surface area contributed by atoms with E-state index in [9.17, 15) is 19.7 Å². The Morgan fingerprint density at radius 3 is 2.54 bits per heavy atom. The molecule has 2 aliphatic carbocycles. The van der Waals surface area contributed by atoms with E-state index in [-0.39, 0.29) is 23.7 Å². The van der Waals surface area contributed by atoms with Gasteiger partial charge in [0.2, 0.25) is 0 Å². The van der Waals surface area contributed by atoms with Gasteiger partial charge in [0.25, 0.3) is 11.6 Å². The standard InChI is InChI=1S/C16H19N3O5/c20-14(21)9-16(6-1-7-16)18-15(22)10-2-5-12(17-11-3-4-11)13(8-10)19(23)24/h2,5,8,11,17H,1,3-4,6-7,9H2,(H,18,22)(H,20,21). The fourth-order valence-electron chi connectivity index (χ4n) is 2.95. The molecule has 0 unspecified atom stereocenters. The number of hydrogen-bond donors (Lipinski definition) is 3. The number of aliphatic carboxylic acids is 1. The van der Waals surface area contributed by atoms with Crippen LogP contribution in [0.2, 0.25) is 0 Å². The summed E-state index contributed by atoms with van der Waals surface area (Å²) < 4.78 is 0. The highest BCUT2D eigenvalue weighted by molar-refractivity contribution is 5.96. The summed E-state index contributed by atoms with van der Waals surface area (Å²) in [4.78, 5) is 34.1. The van der Waals surface area contributed by atoms with Crippen LogP contribution < -0.4 is 10.6 Å². The van der Waals surface area contributed by atoms with E-state index in [4.69, 9.17) is 5.11 Å². The van der Waals surface area contributed by atoms with Gasteiger partial charge in [-0.1, -0.05) is 0 Å². The van der Waals surface area contributed by atoms with Crippen LogP contribution in [0.4, 0.5) is 11.4 Å². The van der Waals surface area contributed by atoms with Crippen molar-refractivity contribution in [3.8, 4) is 0 Å². The van der Waals surface area contributed by atoms with Gasteiger partial charge in [0.1, 0.15) is 5.69 Å². The first-order chi connectivity index (χ1) is 11.4. The van der Waals surface area contributed by atoms with Crippen molar-refractivity contribution >= 4 is 23.3 Å². The largest absolute Gasteiger partial charge is 0.481 e. The predicted octanol–water partition coefficient (Wildman–Crippen LogP) is 2.30. The molecule has 2 fully saturated rings. The molecule has 8 nitrogen and oxygen atoms in total. The van der Waals surface area contributed by atoms with Crippen LogP contribution in [0, 0.1) is 10.1 Å². The molecule has 1 amide bonds. The van der Waals surface area contributed by atoms with Crippen LogP contribution in [0.15, 0.2) is 18.2 Å². The highest BCUT2D eigenvalue weighted by Gasteiger charge is 2.40. The molecule has 0 atom stereocenters. The van der Waals surface area contributed by atoms with E-state index in [1.807, 2.05) is 0 Å². The number of benzene rings is 1. The number of hydrogen-bond acceptors (Lipinski definition) is 5. The molecule has 3 rings (SSSR count). The average Bonchev–Trinajstić information content (AvgIpc) is 3.28. The van der Waals surface area contributed by atoms with Gasteiger partial charge < -0.3 is 15.7 Å². The molecule has 128 valence electrons. The van der Waals surface area contributed by atoms with Gasteiger partial charge in [-0.3, -0.25) is 19.7 Å². The zero-order valence-corrected chi connectivity index (χ0v) is 13.1. The number of nitro benzene ring substituents is 1. The second-order valence-electron chi connectivity index (χ2n) is 6.57. The average molecular weight is 333 g/mol. The lowest BCUT2D eigenvalue weighted by Gasteiger charge is -2.41. The Bertz CT molecular complexity index is 695. The minimum Gasteiger partial charge on any atom is -0.481 e. The summed E-state index contributed by atoms with van der Waals surface area (Å²) in [5.74, 6) is -1.44. The molecule has 0 aromatic heterocycles. The molecule has 0 aliphatic heterocycles. The number of carbonyl (C=O) groups excluding carboxylic acids is 1. The van der Waals surface area contributed by atoms with Crippen molar-refractivity contribution < 1.29 is 19.6 Å². The van der Waals surface area contributed by atoms with Crippen LogP contribution in [0.1, 0.15) is 48.9 Å². The van der Waals surface area contributed by atoms with Gasteiger partial charge in [0.05, 0.1) is 16.9 Å². The lowest BCUT2D eigenvalue weighted by Crippen LogP contribution is -2.54. The Morgan fingerprint density at radius 2 is 2.04 bits per heavy atom. The van der Waals surface area contributed by atoms with Crippen molar-refractivity contribution in [3.63, 3.8) is 0 Å². The topological polar surface area (TPSA) is 122 Å². The maximum absolute atomic E-state index is 12.4. The molecule has 0 heterocycles. The minimum atomic E-state index is -0.968. The van der Waals surface area contributed by atoms with Crippen molar-refractivity contribution in [1.82, 2.24) is 5.32 Å². The van der Waals surface area contributed by atoms with E-state index < -0.39 is 22.3 Å². The molecule has 1 aromatic carbocycles. The van der Waals surface area contributed by atoms with Crippen molar-refractivity contribution in [2.75, 3.05) is 5.32 Å². The number of carboxylic acid groups (broad SMARTS) is 1. The van der Waals surface area contributed by atoms with E-state index in [0.717, 1.165) is 19.3 Å². The number of carboxylic acids is 1. The van der Waals surface area contributed by atoms with Gasteiger partial charge in [-0.25, -0.2) is 0 Å². The first-order valence-corrected chi connectivity index (χ1v) is 7.98. The zero-order valence-electron chi connectivity index (χ0n) is 13.1. The van der Waals surface area contributed by atoms with Gasteiger partial charge in [-0.15, -0.1) is 0 Å². The quantitative estimate of drug-likeness (QED) is 0.520. The minimum absolute atomic E-state index is 0.137. The van der Waals surface area contributed by atoms with Crippen LogP contribution in [0.3, 0.4) is 0 Å². The van der Waals surface area contributed by atoms with Crippen molar-refractivity contribution in [2.24, 2.45) is 0 Å². The fraction of sp³-hybridized carbons (Fsp3) is 0.500. The predicted molar refractivity (Wildman–Crippen MR) is 86.0 cm³/mol. The zero-order chi connectivity index (χ0) is 17.3. The van der Waals surface area contributed by atoms with Gasteiger partial charge in [0.15, 0.2) is 0 Å². The molecule has 24 heavy (non-hydrogen) atoms. The number of rotatable bonds is 7. The maximum atomic E-state index is 12.4. The number of nitrogens with one attached hydrogen (secondary N) is 2. The fourth-order valence-corrected chi connectivity index (χ4v) is 2.95. The summed E-state index contributed by atoms with van der Waals surface area (Å²) in [5.41, 5.74) is -0.305. The SMILES string of the molecule is O=C(O)CC1(NC(=O)c2ccc(NC3CC3)c([N+](=O)[O-])c2)CCC1. The third kappa shape index (κ3) is 3.47. The van der Waals surface area contributed by atoms with Gasteiger partial charge >= 0.3 is 5.97 Å². The van der Waals surface area contributed by atoms with Crippen LogP contribution >= 0.6 is 0 Å². The van der Waals surface area contributed by atoms with Gasteiger partial charge in [-0.05, 0) is 44.2 Å². The van der Waals surface area contributed by atoms with Gasteiger partial charge in [-0.2, -0.15) is 0 Å². The Hall–Kier alpha value is -2.64. The second-order valence-corrected chi connectivity index (χ2v) is 6.57. The first kappa shape index (κ1) is 16.2. The summed E-state index contributed by atoms with van der Waals surface area (Å²) in [6.07, 6.45) is 3.90. The van der Waals surface area contributed by atoms with Crippen LogP contribution in [0.5, 0.6) is 0 Å². The van der Waals surface area contributed by atoms with Gasteiger partial charge in [0, 0.05) is 17.7 Å². The number of nitro groups is 1. The summed E-state index contributed by atoms with van der Waals surface area (Å²) >= 11 is 0. The summed E-state index contributed by atoms with van der Waals surface area (Å²) in [5, 5.41) is 26.1. The molecule has 0 bridgehead atoms. The van der Waals surface area contributed by atoms with E-state index >= 15 is 0 Å². The third-order valence-corrected chi connectivity index (χ3v) is 4.57. The number of nitrogens with zero attached hydrogens (tertiary/aromatic N) is 1. The van der Waals surface area contributed by atoms with Crippen LogP contribution in [0.25, 0.3) is 0 Å². The number of carbonyl (C=O) groups is 2. The van der Waals surface area contributed by atoms with E-state index in [2.05, 4.69) is 10.6 Å². The second kappa shape index (κ2) is 6.10. The van der Waals surface area contributed by atoms with E-state index in [0.29, 0.717) is 18.5 Å². The molecular weight excluding hydrogens is 314 g/mol. The molecule has 0 spiro atoms. The normalized spacial score (nSPS) is 18.3. The third-order valence-electron chi connectivity index (χ3n) is 4.57. The van der Waals surface area contributed by atoms with Crippen molar-refractivity contribution in [3.05, 3.63) is 33.9 Å². The molecule has 1 aromatic rings. The van der Waals surface area contributed by atoms with Crippen molar-refractivity contribution in [1.29, 1.82) is 0 Å².